The molecule has 0 radical (unpaired) electrons. The van der Waals surface area contributed by atoms with E-state index in [0.29, 0.717) is 6.04 Å². The van der Waals surface area contributed by atoms with Crippen molar-refractivity contribution in [3.05, 3.63) is 54.5 Å². The minimum atomic E-state index is 0.386. The molecule has 4 nitrogen and oxygen atoms in total. The number of pyridine rings is 1. The van der Waals surface area contributed by atoms with Gasteiger partial charge in [0.2, 0.25) is 0 Å². The lowest BCUT2D eigenvalue weighted by molar-refractivity contribution is 0.532. The quantitative estimate of drug-likeness (QED) is 0.784. The normalized spacial score (nSPS) is 11.2. The van der Waals surface area contributed by atoms with Crippen molar-refractivity contribution in [2.24, 2.45) is 0 Å². The average molecular weight is 266 g/mol. The summed E-state index contributed by atoms with van der Waals surface area (Å²) in [5.74, 6) is 0. The van der Waals surface area contributed by atoms with Crippen molar-refractivity contribution in [3.63, 3.8) is 0 Å². The third kappa shape index (κ3) is 2.64. The van der Waals surface area contributed by atoms with Crippen molar-refractivity contribution < 1.29 is 0 Å². The predicted octanol–water partition coefficient (Wildman–Crippen LogP) is 3.62. The lowest BCUT2D eigenvalue weighted by Crippen LogP contribution is -2.01. The maximum Gasteiger partial charge on any atom is 0.0729 e. The number of anilines is 1. The van der Waals surface area contributed by atoms with Crippen LogP contribution in [0, 0.1) is 0 Å². The Morgan fingerprint density at radius 3 is 2.95 bits per heavy atom. The summed E-state index contributed by atoms with van der Waals surface area (Å²) in [6, 6.07) is 10.8. The molecular formula is C16H18N4. The molecule has 0 aliphatic carbocycles. The topological polar surface area (TPSA) is 42.7 Å². The lowest BCUT2D eigenvalue weighted by Gasteiger charge is -2.06. The van der Waals surface area contributed by atoms with E-state index >= 15 is 0 Å². The van der Waals surface area contributed by atoms with E-state index in [1.54, 1.807) is 0 Å². The molecule has 3 aromatic rings. The molecule has 1 N–H and O–H groups in total. The molecule has 2 heterocycles. The van der Waals surface area contributed by atoms with Crippen LogP contribution in [0.2, 0.25) is 0 Å². The molecule has 0 unspecified atom stereocenters. The highest BCUT2D eigenvalue weighted by atomic mass is 15.3. The van der Waals surface area contributed by atoms with Gasteiger partial charge >= 0.3 is 0 Å². The Balaban J connectivity index is 1.72. The summed E-state index contributed by atoms with van der Waals surface area (Å²) in [5, 5.41) is 8.89. The molecule has 0 atom stereocenters. The zero-order valence-corrected chi connectivity index (χ0v) is 11.7. The van der Waals surface area contributed by atoms with Crippen LogP contribution >= 0.6 is 0 Å². The summed E-state index contributed by atoms with van der Waals surface area (Å²) in [5.41, 5.74) is 3.32. The highest BCUT2D eigenvalue weighted by Gasteiger charge is 2.02. The molecule has 0 aliphatic rings. The Kier molecular flexibility index (Phi) is 3.37. The van der Waals surface area contributed by atoms with Gasteiger partial charge in [-0.2, -0.15) is 5.10 Å². The fourth-order valence-electron chi connectivity index (χ4n) is 2.15. The van der Waals surface area contributed by atoms with Crippen molar-refractivity contribution >= 4 is 16.6 Å². The number of hydrogen-bond acceptors (Lipinski definition) is 3. The van der Waals surface area contributed by atoms with Crippen LogP contribution in [0.1, 0.15) is 25.5 Å². The van der Waals surface area contributed by atoms with Gasteiger partial charge in [-0.15, -0.1) is 0 Å². The fourth-order valence-corrected chi connectivity index (χ4v) is 2.15. The molecule has 20 heavy (non-hydrogen) atoms. The van der Waals surface area contributed by atoms with Crippen LogP contribution < -0.4 is 5.32 Å². The molecule has 2 aromatic heterocycles. The molecule has 4 heteroatoms. The highest BCUT2D eigenvalue weighted by Crippen LogP contribution is 2.15. The van der Waals surface area contributed by atoms with Gasteiger partial charge in [-0.1, -0.05) is 12.1 Å². The summed E-state index contributed by atoms with van der Waals surface area (Å²) in [7, 11) is 0. The van der Waals surface area contributed by atoms with Crippen LogP contribution in [0.25, 0.3) is 10.9 Å². The first-order chi connectivity index (χ1) is 9.72. The minimum Gasteiger partial charge on any atom is -0.378 e. The number of benzene rings is 1. The minimum absolute atomic E-state index is 0.386. The number of nitrogens with zero attached hydrogens (tertiary/aromatic N) is 3. The zero-order valence-electron chi connectivity index (χ0n) is 11.7. The monoisotopic (exact) mass is 266 g/mol. The SMILES string of the molecule is CC(C)n1cc(NCc2ccc3ncccc3c2)cn1. The second kappa shape index (κ2) is 5.33. The van der Waals surface area contributed by atoms with Gasteiger partial charge in [0.25, 0.3) is 0 Å². The van der Waals surface area contributed by atoms with Crippen LogP contribution in [0.3, 0.4) is 0 Å². The molecule has 1 aromatic carbocycles. The van der Waals surface area contributed by atoms with E-state index in [9.17, 15) is 0 Å². The fraction of sp³-hybridized carbons (Fsp3) is 0.250. The van der Waals surface area contributed by atoms with Crippen molar-refractivity contribution in [3.8, 4) is 0 Å². The van der Waals surface area contributed by atoms with E-state index in [4.69, 9.17) is 0 Å². The molecule has 0 aliphatic heterocycles. The molecular weight excluding hydrogens is 248 g/mol. The lowest BCUT2D eigenvalue weighted by atomic mass is 10.1. The van der Waals surface area contributed by atoms with Gasteiger partial charge in [-0.25, -0.2) is 0 Å². The molecule has 0 fully saturated rings. The van der Waals surface area contributed by atoms with Crippen LogP contribution in [0.15, 0.2) is 48.9 Å². The highest BCUT2D eigenvalue weighted by molar-refractivity contribution is 5.78. The molecule has 0 saturated carbocycles. The second-order valence-corrected chi connectivity index (χ2v) is 5.19. The molecule has 0 bridgehead atoms. The maximum atomic E-state index is 4.33. The standard InChI is InChI=1S/C16H18N4/c1-12(2)20-11-15(10-19-20)18-9-13-5-6-16-14(8-13)4-3-7-17-16/h3-8,10-12,18H,9H2,1-2H3. The van der Waals surface area contributed by atoms with E-state index in [-0.39, 0.29) is 0 Å². The number of nitrogens with one attached hydrogen (secondary N) is 1. The summed E-state index contributed by atoms with van der Waals surface area (Å²) in [6.07, 6.45) is 5.72. The van der Waals surface area contributed by atoms with Gasteiger partial charge in [-0.05, 0) is 37.6 Å². The van der Waals surface area contributed by atoms with Crippen LogP contribution in [-0.2, 0) is 6.54 Å². The first kappa shape index (κ1) is 12.7. The molecule has 0 saturated heterocycles. The molecule has 102 valence electrons. The smallest absolute Gasteiger partial charge is 0.0729 e. The number of rotatable bonds is 4. The molecule has 0 amide bonds. The maximum absolute atomic E-state index is 4.33. The van der Waals surface area contributed by atoms with Gasteiger partial charge in [0.1, 0.15) is 0 Å². The first-order valence-corrected chi connectivity index (χ1v) is 6.84. The van der Waals surface area contributed by atoms with Crippen molar-refractivity contribution in [2.75, 3.05) is 5.32 Å². The first-order valence-electron chi connectivity index (χ1n) is 6.84. The Bertz CT molecular complexity index is 715. The van der Waals surface area contributed by atoms with Crippen LogP contribution in [0.5, 0.6) is 0 Å². The van der Waals surface area contributed by atoms with E-state index in [1.165, 1.54) is 10.9 Å². The van der Waals surface area contributed by atoms with Crippen LogP contribution in [-0.4, -0.2) is 14.8 Å². The van der Waals surface area contributed by atoms with Gasteiger partial charge in [0, 0.05) is 30.4 Å². The number of hydrogen-bond donors (Lipinski definition) is 1. The summed E-state index contributed by atoms with van der Waals surface area (Å²) < 4.78 is 1.95. The third-order valence-electron chi connectivity index (χ3n) is 3.29. The predicted molar refractivity (Wildman–Crippen MR) is 81.7 cm³/mol. The summed E-state index contributed by atoms with van der Waals surface area (Å²) >= 11 is 0. The Hall–Kier alpha value is -2.36. The van der Waals surface area contributed by atoms with E-state index in [0.717, 1.165) is 17.7 Å². The number of aromatic nitrogens is 3. The van der Waals surface area contributed by atoms with Crippen molar-refractivity contribution in [2.45, 2.75) is 26.4 Å². The average Bonchev–Trinajstić information content (AvgIpc) is 2.94. The van der Waals surface area contributed by atoms with Gasteiger partial charge < -0.3 is 5.32 Å². The summed E-state index contributed by atoms with van der Waals surface area (Å²) in [6.45, 7) is 5.02. The van der Waals surface area contributed by atoms with Crippen molar-refractivity contribution in [1.82, 2.24) is 14.8 Å². The van der Waals surface area contributed by atoms with Gasteiger partial charge in [-0.3, -0.25) is 9.67 Å². The molecule has 3 rings (SSSR count). The van der Waals surface area contributed by atoms with E-state index < -0.39 is 0 Å². The molecule has 0 spiro atoms. The zero-order chi connectivity index (χ0) is 13.9. The van der Waals surface area contributed by atoms with Gasteiger partial charge in [0.15, 0.2) is 0 Å². The van der Waals surface area contributed by atoms with Crippen LogP contribution in [0.4, 0.5) is 5.69 Å². The Labute approximate surface area is 118 Å². The Morgan fingerprint density at radius 1 is 1.25 bits per heavy atom. The number of fused-ring (bicyclic) bond motifs is 1. The Morgan fingerprint density at radius 2 is 2.15 bits per heavy atom. The largest absolute Gasteiger partial charge is 0.378 e. The van der Waals surface area contributed by atoms with Gasteiger partial charge in [0.05, 0.1) is 17.4 Å². The van der Waals surface area contributed by atoms with Crippen molar-refractivity contribution in [1.29, 1.82) is 0 Å². The van der Waals surface area contributed by atoms with E-state index in [2.05, 4.69) is 53.5 Å². The van der Waals surface area contributed by atoms with E-state index in [1.807, 2.05) is 29.3 Å². The summed E-state index contributed by atoms with van der Waals surface area (Å²) in [4.78, 5) is 4.33. The second-order valence-electron chi connectivity index (χ2n) is 5.19. The third-order valence-corrected chi connectivity index (χ3v) is 3.29.